The minimum absolute atomic E-state index is 0.0388. The second kappa shape index (κ2) is 6.83. The van der Waals surface area contributed by atoms with E-state index in [-0.39, 0.29) is 26.1 Å². The number of methoxy groups -OCH3 is 1. The van der Waals surface area contributed by atoms with Gasteiger partial charge in [-0.05, 0) is 12.8 Å². The maximum absolute atomic E-state index is 11.9. The number of piperidine rings is 1. The molecule has 1 aliphatic rings. The van der Waals surface area contributed by atoms with Crippen LogP contribution in [0.2, 0.25) is 0 Å². The monoisotopic (exact) mass is 294 g/mol. The Morgan fingerprint density at radius 2 is 2.16 bits per heavy atom. The van der Waals surface area contributed by atoms with Crippen LogP contribution in [0.3, 0.4) is 0 Å². The minimum atomic E-state index is -3.74. The zero-order valence-electron chi connectivity index (χ0n) is 10.7. The largest absolute Gasteiger partial charge is 0.481 e. The Kier molecular flexibility index (Phi) is 5.70. The van der Waals surface area contributed by atoms with E-state index in [9.17, 15) is 18.0 Å². The molecule has 9 heteroatoms. The first-order valence-corrected chi connectivity index (χ1v) is 7.35. The van der Waals surface area contributed by atoms with Crippen LogP contribution in [0.1, 0.15) is 19.3 Å². The lowest BCUT2D eigenvalue weighted by atomic mass is 10.0. The third-order valence-corrected chi connectivity index (χ3v) is 4.49. The lowest BCUT2D eigenvalue weighted by Crippen LogP contribution is -2.47. The van der Waals surface area contributed by atoms with E-state index in [4.69, 9.17) is 5.11 Å². The maximum atomic E-state index is 11.9. The van der Waals surface area contributed by atoms with Crippen LogP contribution in [0, 0.1) is 5.92 Å². The number of rotatable bonds is 6. The molecule has 0 aliphatic carbocycles. The average molecular weight is 294 g/mol. The SMILES string of the molecule is COC(=O)CCNS(=O)(=O)N1CCCC(C(=O)O)C1. The van der Waals surface area contributed by atoms with Crippen molar-refractivity contribution >= 4 is 22.1 Å². The predicted octanol–water partition coefficient (Wildman–Crippen LogP) is -0.819. The standard InChI is InChI=1S/C10H18N2O6S/c1-18-9(13)4-5-11-19(16,17)12-6-2-3-8(7-12)10(14)15/h8,11H,2-7H2,1H3,(H,14,15). The summed E-state index contributed by atoms with van der Waals surface area (Å²) in [6.45, 7) is 0.184. The number of aliphatic carboxylic acids is 1. The first-order valence-electron chi connectivity index (χ1n) is 5.91. The molecule has 1 saturated heterocycles. The molecule has 19 heavy (non-hydrogen) atoms. The van der Waals surface area contributed by atoms with Gasteiger partial charge in [0.2, 0.25) is 0 Å². The molecule has 0 spiro atoms. The highest BCUT2D eigenvalue weighted by atomic mass is 32.2. The fraction of sp³-hybridized carbons (Fsp3) is 0.800. The van der Waals surface area contributed by atoms with Crippen molar-refractivity contribution in [2.24, 2.45) is 5.92 Å². The molecule has 1 heterocycles. The smallest absolute Gasteiger partial charge is 0.307 e. The molecule has 2 N–H and O–H groups in total. The van der Waals surface area contributed by atoms with Gasteiger partial charge in [0.15, 0.2) is 0 Å². The van der Waals surface area contributed by atoms with Gasteiger partial charge in [-0.15, -0.1) is 0 Å². The molecular weight excluding hydrogens is 276 g/mol. The quantitative estimate of drug-likeness (QED) is 0.619. The highest BCUT2D eigenvalue weighted by Gasteiger charge is 2.31. The number of esters is 1. The molecular formula is C10H18N2O6S. The molecule has 1 unspecified atom stereocenters. The number of carboxylic acid groups (broad SMARTS) is 1. The number of ether oxygens (including phenoxy) is 1. The van der Waals surface area contributed by atoms with Crippen molar-refractivity contribution in [3.8, 4) is 0 Å². The van der Waals surface area contributed by atoms with Gasteiger partial charge in [-0.3, -0.25) is 9.59 Å². The number of carbonyl (C=O) groups excluding carboxylic acids is 1. The number of hydrogen-bond acceptors (Lipinski definition) is 5. The summed E-state index contributed by atoms with van der Waals surface area (Å²) in [7, 11) is -2.52. The Labute approximate surface area is 111 Å². The third kappa shape index (κ3) is 4.77. The van der Waals surface area contributed by atoms with Gasteiger partial charge in [-0.2, -0.15) is 12.7 Å². The van der Waals surface area contributed by atoms with Crippen LogP contribution >= 0.6 is 0 Å². The topological polar surface area (TPSA) is 113 Å². The molecule has 1 rings (SSSR count). The van der Waals surface area contributed by atoms with Crippen molar-refractivity contribution < 1.29 is 27.9 Å². The van der Waals surface area contributed by atoms with Gasteiger partial charge in [-0.25, -0.2) is 4.72 Å². The Morgan fingerprint density at radius 1 is 1.47 bits per heavy atom. The van der Waals surface area contributed by atoms with E-state index in [0.717, 1.165) is 4.31 Å². The summed E-state index contributed by atoms with van der Waals surface area (Å²) >= 11 is 0. The summed E-state index contributed by atoms with van der Waals surface area (Å²) in [4.78, 5) is 21.7. The molecule has 1 fully saturated rings. The number of nitrogens with zero attached hydrogens (tertiary/aromatic N) is 1. The van der Waals surface area contributed by atoms with Gasteiger partial charge in [0, 0.05) is 19.6 Å². The number of carbonyl (C=O) groups is 2. The second-order valence-electron chi connectivity index (χ2n) is 4.26. The Bertz CT molecular complexity index is 435. The molecule has 0 aromatic heterocycles. The Balaban J connectivity index is 2.52. The Morgan fingerprint density at radius 3 is 2.74 bits per heavy atom. The van der Waals surface area contributed by atoms with E-state index < -0.39 is 28.1 Å². The molecule has 1 atom stereocenters. The van der Waals surface area contributed by atoms with Crippen LogP contribution in [0.4, 0.5) is 0 Å². The molecule has 8 nitrogen and oxygen atoms in total. The van der Waals surface area contributed by atoms with Crippen LogP contribution in [-0.2, 0) is 24.5 Å². The van der Waals surface area contributed by atoms with Crippen LogP contribution in [0.15, 0.2) is 0 Å². The van der Waals surface area contributed by atoms with Crippen molar-refractivity contribution in [3.63, 3.8) is 0 Å². The van der Waals surface area contributed by atoms with E-state index in [1.807, 2.05) is 0 Å². The van der Waals surface area contributed by atoms with Crippen molar-refractivity contribution in [3.05, 3.63) is 0 Å². The normalized spacial score (nSPS) is 21.0. The van der Waals surface area contributed by atoms with Crippen LogP contribution in [0.25, 0.3) is 0 Å². The summed E-state index contributed by atoms with van der Waals surface area (Å²) in [5.41, 5.74) is 0. The zero-order chi connectivity index (χ0) is 14.5. The van der Waals surface area contributed by atoms with E-state index >= 15 is 0 Å². The molecule has 110 valence electrons. The third-order valence-electron chi connectivity index (χ3n) is 2.91. The van der Waals surface area contributed by atoms with E-state index in [0.29, 0.717) is 12.8 Å². The number of carboxylic acids is 1. The lowest BCUT2D eigenvalue weighted by Gasteiger charge is -2.29. The van der Waals surface area contributed by atoms with Gasteiger partial charge < -0.3 is 9.84 Å². The number of nitrogens with one attached hydrogen (secondary N) is 1. The minimum Gasteiger partial charge on any atom is -0.481 e. The highest BCUT2D eigenvalue weighted by molar-refractivity contribution is 7.87. The number of hydrogen-bond donors (Lipinski definition) is 2. The van der Waals surface area contributed by atoms with Crippen molar-refractivity contribution in [2.75, 3.05) is 26.7 Å². The summed E-state index contributed by atoms with van der Waals surface area (Å²) in [5.74, 6) is -2.18. The molecule has 0 aromatic rings. The molecule has 0 amide bonds. The summed E-state index contributed by atoms with van der Waals surface area (Å²) in [6.07, 6.45) is 0.921. The molecule has 1 aliphatic heterocycles. The van der Waals surface area contributed by atoms with Crippen molar-refractivity contribution in [1.29, 1.82) is 0 Å². The first kappa shape index (κ1) is 15.9. The Hall–Kier alpha value is -1.19. The van der Waals surface area contributed by atoms with E-state index in [1.54, 1.807) is 0 Å². The average Bonchev–Trinajstić information content (AvgIpc) is 2.38. The molecule has 0 bridgehead atoms. The maximum Gasteiger partial charge on any atom is 0.307 e. The van der Waals surface area contributed by atoms with E-state index in [1.165, 1.54) is 7.11 Å². The lowest BCUT2D eigenvalue weighted by molar-refractivity contribution is -0.143. The fourth-order valence-corrected chi connectivity index (χ4v) is 3.13. The summed E-state index contributed by atoms with van der Waals surface area (Å²) < 4.78 is 31.5. The van der Waals surface area contributed by atoms with Gasteiger partial charge in [0.25, 0.3) is 10.2 Å². The second-order valence-corrected chi connectivity index (χ2v) is 6.02. The predicted molar refractivity (Wildman–Crippen MR) is 65.5 cm³/mol. The van der Waals surface area contributed by atoms with Crippen LogP contribution in [0.5, 0.6) is 0 Å². The van der Waals surface area contributed by atoms with Crippen LogP contribution in [-0.4, -0.2) is 56.5 Å². The van der Waals surface area contributed by atoms with Crippen molar-refractivity contribution in [2.45, 2.75) is 19.3 Å². The van der Waals surface area contributed by atoms with Crippen molar-refractivity contribution in [1.82, 2.24) is 9.03 Å². The van der Waals surface area contributed by atoms with Gasteiger partial charge in [0.1, 0.15) is 0 Å². The highest BCUT2D eigenvalue weighted by Crippen LogP contribution is 2.18. The zero-order valence-corrected chi connectivity index (χ0v) is 11.5. The fourth-order valence-electron chi connectivity index (χ4n) is 1.84. The summed E-state index contributed by atoms with van der Waals surface area (Å²) in [5, 5.41) is 8.90. The van der Waals surface area contributed by atoms with Gasteiger partial charge in [-0.1, -0.05) is 0 Å². The molecule has 0 radical (unpaired) electrons. The van der Waals surface area contributed by atoms with Gasteiger partial charge >= 0.3 is 11.9 Å². The first-order chi connectivity index (χ1) is 8.86. The van der Waals surface area contributed by atoms with Gasteiger partial charge in [0.05, 0.1) is 19.4 Å². The van der Waals surface area contributed by atoms with Crippen LogP contribution < -0.4 is 4.72 Å². The molecule has 0 aromatic carbocycles. The van der Waals surface area contributed by atoms with E-state index in [2.05, 4.69) is 9.46 Å². The summed E-state index contributed by atoms with van der Waals surface area (Å²) in [6, 6.07) is 0. The molecule has 0 saturated carbocycles.